The van der Waals surface area contributed by atoms with Gasteiger partial charge in [0.25, 0.3) is 0 Å². The number of benzene rings is 7. The molecule has 0 amide bonds. The minimum atomic E-state index is -2.45. The van der Waals surface area contributed by atoms with E-state index in [1.807, 2.05) is 24.5 Å². The molecule has 13 rings (SSSR count). The van der Waals surface area contributed by atoms with Crippen molar-refractivity contribution in [1.82, 2.24) is 0 Å². The summed E-state index contributed by atoms with van der Waals surface area (Å²) in [4.78, 5) is 2.59. The molecule has 4 heteroatoms. The third kappa shape index (κ3) is 8.78. The number of anilines is 3. The fraction of sp³-hybridized carbons (Fsp3) is 0.111. The molecular weight excluding hydrogens is 937 g/mol. The quantitative estimate of drug-likeness (QED) is 0.0977. The Bertz CT molecular complexity index is 3790. The molecule has 7 aromatic carbocycles. The summed E-state index contributed by atoms with van der Waals surface area (Å²) in [5.41, 5.74) is 19.1. The van der Waals surface area contributed by atoms with Crippen molar-refractivity contribution in [2.24, 2.45) is 0 Å². The van der Waals surface area contributed by atoms with E-state index in [9.17, 15) is 0 Å². The van der Waals surface area contributed by atoms with Gasteiger partial charge in [-0.15, -0.1) is 0 Å². The van der Waals surface area contributed by atoms with Crippen LogP contribution in [0.2, 0.25) is 0 Å². The Morgan fingerprint density at radius 1 is 0.592 bits per heavy atom. The van der Waals surface area contributed by atoms with E-state index in [1.165, 1.54) is 71.9 Å². The van der Waals surface area contributed by atoms with Crippen molar-refractivity contribution in [3.05, 3.63) is 300 Å². The number of furan rings is 1. The maximum Gasteiger partial charge on any atom is 0.171 e. The highest BCUT2D eigenvalue weighted by Gasteiger charge is 2.44. The first kappa shape index (κ1) is 47.0. The SMILES string of the molecule is C=C/C(=C\c1coc2ccccc12)C1=CCC(N(C2=CC=C(C3=CC=C([Si](C4=CC=CCC4)(c4ccccc4)c4ccccc4)CC3)CC2)c2ccc(-c3ccc4c(c3)-c3cccc(c3)-c3ccccc3N4)cc2)C=C1. The van der Waals surface area contributed by atoms with Crippen LogP contribution in [0, 0.1) is 0 Å². The molecule has 76 heavy (non-hydrogen) atoms. The molecule has 2 heterocycles. The lowest BCUT2D eigenvalue weighted by atomic mass is 9.89. The third-order valence-corrected chi connectivity index (χ3v) is 21.5. The van der Waals surface area contributed by atoms with Gasteiger partial charge in [0.15, 0.2) is 8.07 Å². The summed E-state index contributed by atoms with van der Waals surface area (Å²) in [6.45, 7) is 4.25. The van der Waals surface area contributed by atoms with E-state index in [2.05, 4.69) is 247 Å². The van der Waals surface area contributed by atoms with E-state index < -0.39 is 8.07 Å². The average molecular weight is 997 g/mol. The lowest BCUT2D eigenvalue weighted by Gasteiger charge is -2.40. The largest absolute Gasteiger partial charge is 0.464 e. The number of fused-ring (bicyclic) bond motifs is 7. The highest BCUT2D eigenvalue weighted by molar-refractivity contribution is 7.12. The summed E-state index contributed by atoms with van der Waals surface area (Å²) < 4.78 is 5.91. The van der Waals surface area contributed by atoms with Crippen molar-refractivity contribution >= 4 is 52.6 Å². The smallest absolute Gasteiger partial charge is 0.171 e. The standard InChI is InChI=1S/C72H60N2OSi/c1-2-51(47-59-50-75-72-28-15-13-26-68(59)72)52-29-38-60(39-30-52)74(62-42-33-55(34-43-62)56-37-46-71-69(49-56)58-18-16-17-57(48-58)67-25-12-14-27-70(67)73-71)61-40-31-53(32-41-61)54-35-44-66(45-36-54)76(63-19-6-3-7-20-63,64-21-8-4-9-22-64)65-23-10-5-11-24-65/h2-10,12-23,25-31,33-35,37-38,40,42-44,46-50,60,73H,1,11,24,32,36,39,41,45H2/b51-47+. The fourth-order valence-electron chi connectivity index (χ4n) is 12.6. The highest BCUT2D eigenvalue weighted by Crippen LogP contribution is 2.43. The van der Waals surface area contributed by atoms with E-state index in [0.29, 0.717) is 0 Å². The van der Waals surface area contributed by atoms with E-state index in [1.54, 1.807) is 10.4 Å². The van der Waals surface area contributed by atoms with Crippen molar-refractivity contribution in [1.29, 1.82) is 0 Å². The topological polar surface area (TPSA) is 28.4 Å². The second-order valence-electron chi connectivity index (χ2n) is 20.6. The molecule has 1 unspecified atom stereocenters. The number of nitrogens with one attached hydrogen (secondary N) is 1. The predicted molar refractivity (Wildman–Crippen MR) is 324 cm³/mol. The monoisotopic (exact) mass is 996 g/mol. The van der Waals surface area contributed by atoms with Gasteiger partial charge in [0.1, 0.15) is 5.58 Å². The van der Waals surface area contributed by atoms with Gasteiger partial charge in [0.2, 0.25) is 0 Å². The molecule has 4 aliphatic carbocycles. The molecule has 368 valence electrons. The molecule has 0 radical (unpaired) electrons. The summed E-state index contributed by atoms with van der Waals surface area (Å²) in [6, 6.07) is 64.8. The lowest BCUT2D eigenvalue weighted by molar-refractivity contribution is 0.615. The highest BCUT2D eigenvalue weighted by atomic mass is 28.3. The summed E-state index contributed by atoms with van der Waals surface area (Å²) in [5, 5.41) is 11.1. The van der Waals surface area contributed by atoms with Gasteiger partial charge >= 0.3 is 0 Å². The van der Waals surface area contributed by atoms with Crippen LogP contribution in [-0.2, 0) is 0 Å². The van der Waals surface area contributed by atoms with Crippen LogP contribution < -0.4 is 20.6 Å². The maximum atomic E-state index is 5.91. The van der Waals surface area contributed by atoms with Crippen LogP contribution >= 0.6 is 0 Å². The molecule has 0 saturated carbocycles. The second-order valence-corrected chi connectivity index (χ2v) is 24.6. The molecule has 0 fully saturated rings. The zero-order chi connectivity index (χ0) is 50.8. The Balaban J connectivity index is 0.833. The predicted octanol–water partition coefficient (Wildman–Crippen LogP) is 17.7. The van der Waals surface area contributed by atoms with Gasteiger partial charge in [0, 0.05) is 44.8 Å². The molecule has 2 bridgehead atoms. The van der Waals surface area contributed by atoms with E-state index >= 15 is 0 Å². The second kappa shape index (κ2) is 20.5. The minimum absolute atomic E-state index is 0.131. The van der Waals surface area contributed by atoms with Crippen molar-refractivity contribution in [2.45, 2.75) is 51.0 Å². The third-order valence-electron chi connectivity index (χ3n) is 16.4. The van der Waals surface area contributed by atoms with Gasteiger partial charge in [-0.05, 0) is 154 Å². The Morgan fingerprint density at radius 3 is 2.00 bits per heavy atom. The fourth-order valence-corrected chi connectivity index (χ4v) is 17.9. The molecule has 3 nitrogen and oxygen atoms in total. The molecule has 1 atom stereocenters. The number of hydrogen-bond acceptors (Lipinski definition) is 3. The zero-order valence-corrected chi connectivity index (χ0v) is 43.8. The number of hydrogen-bond donors (Lipinski definition) is 1. The van der Waals surface area contributed by atoms with Crippen molar-refractivity contribution in [3.63, 3.8) is 0 Å². The van der Waals surface area contributed by atoms with Crippen molar-refractivity contribution < 1.29 is 4.42 Å². The van der Waals surface area contributed by atoms with Gasteiger partial charge < -0.3 is 14.6 Å². The first-order valence-corrected chi connectivity index (χ1v) is 29.1. The number of rotatable bonds is 12. The van der Waals surface area contributed by atoms with E-state index in [4.69, 9.17) is 4.42 Å². The molecule has 1 N–H and O–H groups in total. The molecule has 8 aromatic rings. The number of para-hydroxylation sites is 2. The number of allylic oxidation sites excluding steroid dienone is 16. The number of nitrogens with zero attached hydrogens (tertiary/aromatic N) is 1. The summed E-state index contributed by atoms with van der Waals surface area (Å²) in [7, 11) is -2.45. The first-order chi connectivity index (χ1) is 37.6. The Kier molecular flexibility index (Phi) is 12.7. The Morgan fingerprint density at radius 2 is 1.29 bits per heavy atom. The van der Waals surface area contributed by atoms with E-state index in [0.717, 1.165) is 78.4 Å². The molecule has 0 saturated heterocycles. The Hall–Kier alpha value is -8.70. The van der Waals surface area contributed by atoms with Gasteiger partial charge in [-0.2, -0.15) is 0 Å². The van der Waals surface area contributed by atoms with Crippen LogP contribution in [0.25, 0.3) is 50.4 Å². The van der Waals surface area contributed by atoms with E-state index in [-0.39, 0.29) is 6.04 Å². The zero-order valence-electron chi connectivity index (χ0n) is 42.8. The molecule has 1 aliphatic heterocycles. The van der Waals surface area contributed by atoms with Crippen molar-refractivity contribution in [3.8, 4) is 33.4 Å². The van der Waals surface area contributed by atoms with Gasteiger partial charge in [-0.25, -0.2) is 0 Å². The normalized spacial score (nSPS) is 17.1. The summed E-state index contributed by atoms with van der Waals surface area (Å²) in [5.74, 6) is 0. The van der Waals surface area contributed by atoms with Crippen molar-refractivity contribution in [2.75, 3.05) is 10.2 Å². The van der Waals surface area contributed by atoms with Crippen LogP contribution in [0.5, 0.6) is 0 Å². The average Bonchev–Trinajstić information content (AvgIpc) is 3.94. The van der Waals surface area contributed by atoms with Crippen LogP contribution in [0.4, 0.5) is 17.1 Å². The van der Waals surface area contributed by atoms with Crippen LogP contribution in [-0.4, -0.2) is 14.1 Å². The summed E-state index contributed by atoms with van der Waals surface area (Å²) in [6.07, 6.45) is 37.2. The minimum Gasteiger partial charge on any atom is -0.464 e. The Labute approximate surface area is 448 Å². The van der Waals surface area contributed by atoms with Gasteiger partial charge in [-0.1, -0.05) is 211 Å². The molecule has 0 spiro atoms. The van der Waals surface area contributed by atoms with Gasteiger partial charge in [0.05, 0.1) is 12.3 Å². The van der Waals surface area contributed by atoms with Crippen LogP contribution in [0.1, 0.15) is 50.5 Å². The first-order valence-electron chi connectivity index (χ1n) is 27.1. The maximum absolute atomic E-state index is 5.91. The molecule has 5 aliphatic rings. The van der Waals surface area contributed by atoms with Crippen LogP contribution in [0.15, 0.2) is 298 Å². The molecule has 1 aromatic heterocycles. The molecular formula is C72H60N2OSi. The lowest BCUT2D eigenvalue weighted by Crippen LogP contribution is -2.62. The van der Waals surface area contributed by atoms with Gasteiger partial charge in [-0.3, -0.25) is 0 Å². The van der Waals surface area contributed by atoms with Crippen LogP contribution in [0.3, 0.4) is 0 Å². The summed E-state index contributed by atoms with van der Waals surface area (Å²) >= 11 is 0.